The molecule has 0 spiro atoms. The Morgan fingerprint density at radius 3 is 2.78 bits per heavy atom. The molecule has 0 amide bonds. The molecule has 0 aliphatic heterocycles. The Bertz CT molecular complexity index is 459. The van der Waals surface area contributed by atoms with Crippen molar-refractivity contribution in [3.05, 3.63) is 30.1 Å². The standard InChI is InChI=1S/C12H15N3S3/c1-2-3-7-16-11-14-15-12(18-11)17-9-10-5-4-6-13-8-10/h4-6,8H,2-3,7,9H2,1H3. The van der Waals surface area contributed by atoms with Crippen LogP contribution in [-0.4, -0.2) is 20.9 Å². The van der Waals surface area contributed by atoms with Crippen LogP contribution in [0.2, 0.25) is 0 Å². The molecule has 0 saturated carbocycles. The van der Waals surface area contributed by atoms with E-state index in [1.807, 2.05) is 12.3 Å². The van der Waals surface area contributed by atoms with E-state index in [-0.39, 0.29) is 0 Å². The van der Waals surface area contributed by atoms with Crippen LogP contribution in [-0.2, 0) is 5.75 Å². The van der Waals surface area contributed by atoms with Crippen LogP contribution in [0, 0.1) is 0 Å². The summed E-state index contributed by atoms with van der Waals surface area (Å²) in [6.45, 7) is 2.20. The van der Waals surface area contributed by atoms with Crippen molar-refractivity contribution in [2.75, 3.05) is 5.75 Å². The summed E-state index contributed by atoms with van der Waals surface area (Å²) in [5, 5.41) is 8.40. The van der Waals surface area contributed by atoms with Crippen molar-refractivity contribution in [1.82, 2.24) is 15.2 Å². The number of nitrogens with zero attached hydrogens (tertiary/aromatic N) is 3. The molecule has 0 aliphatic carbocycles. The predicted octanol–water partition coefficient (Wildman–Crippen LogP) is 4.12. The van der Waals surface area contributed by atoms with Crippen LogP contribution < -0.4 is 0 Å². The Hall–Kier alpha value is -0.590. The number of rotatable bonds is 7. The number of thioether (sulfide) groups is 2. The Morgan fingerprint density at radius 1 is 1.22 bits per heavy atom. The summed E-state index contributed by atoms with van der Waals surface area (Å²) in [5.74, 6) is 2.04. The minimum atomic E-state index is 0.905. The molecule has 2 aromatic rings. The van der Waals surface area contributed by atoms with Crippen LogP contribution in [0.1, 0.15) is 25.3 Å². The smallest absolute Gasteiger partial charge is 0.175 e. The van der Waals surface area contributed by atoms with Crippen molar-refractivity contribution in [2.45, 2.75) is 34.2 Å². The fourth-order valence-corrected chi connectivity index (χ4v) is 4.35. The fraction of sp³-hybridized carbons (Fsp3) is 0.417. The highest BCUT2D eigenvalue weighted by molar-refractivity contribution is 8.02. The van der Waals surface area contributed by atoms with E-state index in [1.54, 1.807) is 41.1 Å². The normalized spacial score (nSPS) is 10.7. The average Bonchev–Trinajstić information content (AvgIpc) is 2.86. The third-order valence-corrected chi connectivity index (χ3v) is 5.54. The average molecular weight is 297 g/mol. The number of hydrogen-bond donors (Lipinski definition) is 0. The zero-order valence-electron chi connectivity index (χ0n) is 10.2. The largest absolute Gasteiger partial charge is 0.264 e. The summed E-state index contributed by atoms with van der Waals surface area (Å²) >= 11 is 5.22. The predicted molar refractivity (Wildman–Crippen MR) is 79.3 cm³/mol. The van der Waals surface area contributed by atoms with Crippen LogP contribution in [0.15, 0.2) is 33.2 Å². The first kappa shape index (κ1) is 13.8. The van der Waals surface area contributed by atoms with Crippen molar-refractivity contribution in [3.8, 4) is 0 Å². The zero-order valence-corrected chi connectivity index (χ0v) is 12.7. The summed E-state index contributed by atoms with van der Waals surface area (Å²) in [7, 11) is 0. The van der Waals surface area contributed by atoms with Gasteiger partial charge in [-0.05, 0) is 18.1 Å². The maximum atomic E-state index is 4.20. The lowest BCUT2D eigenvalue weighted by molar-refractivity contribution is 0.892. The van der Waals surface area contributed by atoms with Crippen molar-refractivity contribution in [2.24, 2.45) is 0 Å². The molecule has 96 valence electrons. The van der Waals surface area contributed by atoms with Gasteiger partial charge in [0.05, 0.1) is 0 Å². The SMILES string of the molecule is CCCCSc1nnc(SCc2cccnc2)s1. The van der Waals surface area contributed by atoms with Gasteiger partial charge in [0.1, 0.15) is 0 Å². The lowest BCUT2D eigenvalue weighted by Crippen LogP contribution is -1.81. The van der Waals surface area contributed by atoms with Crippen LogP contribution in [0.4, 0.5) is 0 Å². The van der Waals surface area contributed by atoms with Crippen LogP contribution >= 0.6 is 34.9 Å². The number of unbranched alkanes of at least 4 members (excludes halogenated alkanes) is 1. The monoisotopic (exact) mass is 297 g/mol. The van der Waals surface area contributed by atoms with Crippen LogP contribution in [0.5, 0.6) is 0 Å². The summed E-state index contributed by atoms with van der Waals surface area (Å²) in [6, 6.07) is 4.04. The fourth-order valence-electron chi connectivity index (χ4n) is 1.25. The third kappa shape index (κ3) is 4.59. The molecular formula is C12H15N3S3. The van der Waals surface area contributed by atoms with Gasteiger partial charge in [-0.3, -0.25) is 4.98 Å². The van der Waals surface area contributed by atoms with Gasteiger partial charge in [0.15, 0.2) is 8.68 Å². The molecule has 0 aliphatic rings. The van der Waals surface area contributed by atoms with Gasteiger partial charge in [-0.1, -0.05) is 54.3 Å². The summed E-state index contributed by atoms with van der Waals surface area (Å²) in [4.78, 5) is 4.10. The molecule has 2 rings (SSSR count). The van der Waals surface area contributed by atoms with Gasteiger partial charge in [-0.15, -0.1) is 10.2 Å². The Labute approximate surface area is 120 Å². The highest BCUT2D eigenvalue weighted by atomic mass is 32.2. The maximum absolute atomic E-state index is 4.20. The molecule has 18 heavy (non-hydrogen) atoms. The number of aromatic nitrogens is 3. The molecule has 0 atom stereocenters. The number of pyridine rings is 1. The van der Waals surface area contributed by atoms with E-state index in [0.29, 0.717) is 0 Å². The van der Waals surface area contributed by atoms with Gasteiger partial charge in [0.2, 0.25) is 0 Å². The summed E-state index contributed by atoms with van der Waals surface area (Å²) < 4.78 is 2.12. The molecule has 0 radical (unpaired) electrons. The zero-order chi connectivity index (χ0) is 12.6. The molecule has 0 fully saturated rings. The van der Waals surface area contributed by atoms with E-state index < -0.39 is 0 Å². The van der Waals surface area contributed by atoms with Gasteiger partial charge in [-0.25, -0.2) is 0 Å². The molecule has 0 aromatic carbocycles. The second-order valence-electron chi connectivity index (χ2n) is 3.69. The molecule has 0 N–H and O–H groups in total. The van der Waals surface area contributed by atoms with Gasteiger partial charge in [-0.2, -0.15) is 0 Å². The molecule has 0 unspecified atom stereocenters. The van der Waals surface area contributed by atoms with Crippen molar-refractivity contribution < 1.29 is 0 Å². The highest BCUT2D eigenvalue weighted by Gasteiger charge is 2.05. The Balaban J connectivity index is 1.80. The molecule has 2 aromatic heterocycles. The Morgan fingerprint density at radius 2 is 2.06 bits per heavy atom. The second kappa shape index (κ2) is 7.76. The summed E-state index contributed by atoms with van der Waals surface area (Å²) in [6.07, 6.45) is 6.16. The van der Waals surface area contributed by atoms with Gasteiger partial charge in [0, 0.05) is 23.9 Å². The molecule has 2 heterocycles. The van der Waals surface area contributed by atoms with Gasteiger partial charge < -0.3 is 0 Å². The highest BCUT2D eigenvalue weighted by Crippen LogP contribution is 2.30. The van der Waals surface area contributed by atoms with E-state index in [2.05, 4.69) is 28.2 Å². The van der Waals surface area contributed by atoms with Gasteiger partial charge >= 0.3 is 0 Å². The van der Waals surface area contributed by atoms with Crippen molar-refractivity contribution in [1.29, 1.82) is 0 Å². The third-order valence-electron chi connectivity index (χ3n) is 2.20. The van der Waals surface area contributed by atoms with E-state index in [4.69, 9.17) is 0 Å². The minimum Gasteiger partial charge on any atom is -0.264 e. The van der Waals surface area contributed by atoms with Crippen LogP contribution in [0.3, 0.4) is 0 Å². The van der Waals surface area contributed by atoms with Crippen molar-refractivity contribution >= 4 is 34.9 Å². The molecular weight excluding hydrogens is 282 g/mol. The maximum Gasteiger partial charge on any atom is 0.175 e. The van der Waals surface area contributed by atoms with Gasteiger partial charge in [0.25, 0.3) is 0 Å². The topological polar surface area (TPSA) is 38.7 Å². The van der Waals surface area contributed by atoms with Crippen LogP contribution in [0.25, 0.3) is 0 Å². The molecule has 3 nitrogen and oxygen atoms in total. The summed E-state index contributed by atoms with van der Waals surface area (Å²) in [5.41, 5.74) is 1.22. The number of hydrogen-bond acceptors (Lipinski definition) is 6. The quantitative estimate of drug-likeness (QED) is 0.568. The minimum absolute atomic E-state index is 0.905. The first-order chi connectivity index (χ1) is 8.88. The van der Waals surface area contributed by atoms with E-state index >= 15 is 0 Å². The molecule has 6 heteroatoms. The second-order valence-corrected chi connectivity index (χ2v) is 7.23. The van der Waals surface area contributed by atoms with E-state index in [9.17, 15) is 0 Å². The first-order valence-electron chi connectivity index (χ1n) is 5.86. The first-order valence-corrected chi connectivity index (χ1v) is 8.65. The van der Waals surface area contributed by atoms with Crippen molar-refractivity contribution in [3.63, 3.8) is 0 Å². The van der Waals surface area contributed by atoms with E-state index in [1.165, 1.54) is 18.4 Å². The lowest BCUT2D eigenvalue weighted by Gasteiger charge is -1.96. The molecule has 0 saturated heterocycles. The Kier molecular flexibility index (Phi) is 5.96. The van der Waals surface area contributed by atoms with E-state index in [0.717, 1.165) is 20.2 Å². The molecule has 0 bridgehead atoms. The lowest BCUT2D eigenvalue weighted by atomic mass is 10.3.